The monoisotopic (exact) mass is 403 g/mol. The van der Waals surface area contributed by atoms with E-state index in [1.54, 1.807) is 11.3 Å². The summed E-state index contributed by atoms with van der Waals surface area (Å²) in [4.78, 5) is 23.0. The number of rotatable bonds is 4. The molecule has 2 aromatic carbocycles. The minimum absolute atomic E-state index is 0.0856. The van der Waals surface area contributed by atoms with Crippen molar-refractivity contribution >= 4 is 34.4 Å². The number of para-hydroxylation sites is 2. The number of benzene rings is 2. The molecule has 1 fully saturated rings. The second-order valence-electron chi connectivity index (χ2n) is 7.29. The van der Waals surface area contributed by atoms with Gasteiger partial charge in [0.1, 0.15) is 5.52 Å². The molecule has 29 heavy (non-hydrogen) atoms. The van der Waals surface area contributed by atoms with E-state index < -0.39 is 0 Å². The van der Waals surface area contributed by atoms with E-state index >= 15 is 0 Å². The van der Waals surface area contributed by atoms with Gasteiger partial charge in [-0.3, -0.25) is 4.79 Å². The number of hydrogen-bond donors (Lipinski definition) is 0. The zero-order valence-electron chi connectivity index (χ0n) is 16.1. The number of oxazole rings is 1. The lowest BCUT2D eigenvalue weighted by Gasteiger charge is -2.23. The Morgan fingerprint density at radius 3 is 2.79 bits per heavy atom. The summed E-state index contributed by atoms with van der Waals surface area (Å²) in [5.74, 6) is 0.0856. The molecule has 0 radical (unpaired) electrons. The van der Waals surface area contributed by atoms with E-state index in [1.165, 1.54) is 0 Å². The van der Waals surface area contributed by atoms with E-state index in [9.17, 15) is 4.79 Å². The number of amides is 1. The summed E-state index contributed by atoms with van der Waals surface area (Å²) in [6.45, 7) is 1.39. The van der Waals surface area contributed by atoms with Crippen molar-refractivity contribution in [2.45, 2.75) is 12.5 Å². The van der Waals surface area contributed by atoms with Crippen molar-refractivity contribution in [3.8, 4) is 10.4 Å². The van der Waals surface area contributed by atoms with Gasteiger partial charge in [-0.2, -0.15) is 4.98 Å². The van der Waals surface area contributed by atoms with Crippen molar-refractivity contribution in [2.24, 2.45) is 0 Å². The van der Waals surface area contributed by atoms with Crippen LogP contribution in [0, 0.1) is 0 Å². The molecule has 1 saturated heterocycles. The predicted octanol–water partition coefficient (Wildman–Crippen LogP) is 4.91. The Balaban J connectivity index is 1.35. The van der Waals surface area contributed by atoms with Crippen molar-refractivity contribution in [1.29, 1.82) is 0 Å². The lowest BCUT2D eigenvalue weighted by atomic mass is 10.0. The van der Waals surface area contributed by atoms with Crippen LogP contribution in [0.25, 0.3) is 21.5 Å². The SMILES string of the molecule is CN(c1nc2ccccc2o1)[C@@H]1CCN(C(=O)c2ccccc2-c2cccs2)C1. The van der Waals surface area contributed by atoms with Crippen LogP contribution in [0.2, 0.25) is 0 Å². The maximum Gasteiger partial charge on any atom is 0.298 e. The van der Waals surface area contributed by atoms with Gasteiger partial charge in [0.05, 0.1) is 6.04 Å². The average Bonchev–Trinajstić information content (AvgIpc) is 3.53. The Hall–Kier alpha value is -3.12. The smallest absolute Gasteiger partial charge is 0.298 e. The van der Waals surface area contributed by atoms with Gasteiger partial charge in [0.25, 0.3) is 11.9 Å². The molecule has 5 nitrogen and oxygen atoms in total. The number of anilines is 1. The zero-order chi connectivity index (χ0) is 19.8. The third-order valence-corrected chi connectivity index (χ3v) is 6.43. The lowest BCUT2D eigenvalue weighted by Crippen LogP contribution is -2.36. The van der Waals surface area contributed by atoms with Crippen molar-refractivity contribution in [3.63, 3.8) is 0 Å². The maximum atomic E-state index is 13.3. The van der Waals surface area contributed by atoms with Gasteiger partial charge >= 0.3 is 0 Å². The minimum atomic E-state index is 0.0856. The van der Waals surface area contributed by atoms with Crippen LogP contribution < -0.4 is 4.90 Å². The molecule has 1 amide bonds. The first-order valence-corrected chi connectivity index (χ1v) is 10.6. The fourth-order valence-corrected chi connectivity index (χ4v) is 4.66. The largest absolute Gasteiger partial charge is 0.423 e. The summed E-state index contributed by atoms with van der Waals surface area (Å²) in [5.41, 5.74) is 3.40. The second kappa shape index (κ2) is 7.37. The molecule has 0 aliphatic carbocycles. The fourth-order valence-electron chi connectivity index (χ4n) is 3.90. The predicted molar refractivity (Wildman–Crippen MR) is 116 cm³/mol. The molecule has 0 unspecified atom stereocenters. The van der Waals surface area contributed by atoms with Gasteiger partial charge in [-0.15, -0.1) is 11.3 Å². The van der Waals surface area contributed by atoms with Crippen LogP contribution in [0.3, 0.4) is 0 Å². The molecule has 1 atom stereocenters. The Labute approximate surface area is 173 Å². The van der Waals surface area contributed by atoms with E-state index in [4.69, 9.17) is 4.42 Å². The van der Waals surface area contributed by atoms with Crippen molar-refractivity contribution in [1.82, 2.24) is 9.88 Å². The number of likely N-dealkylation sites (tertiary alicyclic amines) is 1. The van der Waals surface area contributed by atoms with Crippen LogP contribution in [0.15, 0.2) is 70.5 Å². The number of aromatic nitrogens is 1. The van der Waals surface area contributed by atoms with E-state index in [-0.39, 0.29) is 11.9 Å². The van der Waals surface area contributed by atoms with Crippen molar-refractivity contribution < 1.29 is 9.21 Å². The van der Waals surface area contributed by atoms with Gasteiger partial charge in [0.2, 0.25) is 0 Å². The number of carbonyl (C=O) groups is 1. The van der Waals surface area contributed by atoms with Gasteiger partial charge in [-0.05, 0) is 36.1 Å². The highest BCUT2D eigenvalue weighted by Gasteiger charge is 2.32. The first-order chi connectivity index (χ1) is 14.2. The molecule has 2 aromatic heterocycles. The van der Waals surface area contributed by atoms with Crippen LogP contribution in [-0.4, -0.2) is 42.0 Å². The van der Waals surface area contributed by atoms with E-state index in [1.807, 2.05) is 71.9 Å². The average molecular weight is 404 g/mol. The second-order valence-corrected chi connectivity index (χ2v) is 8.24. The first-order valence-electron chi connectivity index (χ1n) is 9.71. The molecule has 4 aromatic rings. The molecule has 6 heteroatoms. The number of likely N-dealkylation sites (N-methyl/N-ethyl adjacent to an activating group) is 1. The van der Waals surface area contributed by atoms with Crippen LogP contribution >= 0.6 is 11.3 Å². The highest BCUT2D eigenvalue weighted by Crippen LogP contribution is 2.30. The van der Waals surface area contributed by atoms with E-state index in [0.29, 0.717) is 12.6 Å². The summed E-state index contributed by atoms with van der Waals surface area (Å²) in [6, 6.07) is 20.5. The highest BCUT2D eigenvalue weighted by atomic mass is 32.1. The molecule has 146 valence electrons. The molecular formula is C23H21N3O2S. The molecule has 5 rings (SSSR count). The van der Waals surface area contributed by atoms with Crippen molar-refractivity contribution in [3.05, 3.63) is 71.6 Å². The molecule has 3 heterocycles. The maximum absolute atomic E-state index is 13.3. The van der Waals surface area contributed by atoms with Gasteiger partial charge in [0.15, 0.2) is 5.58 Å². The normalized spacial score (nSPS) is 16.4. The summed E-state index contributed by atoms with van der Waals surface area (Å²) in [7, 11) is 1.99. The topological polar surface area (TPSA) is 49.6 Å². The van der Waals surface area contributed by atoms with Gasteiger partial charge in [-0.25, -0.2) is 0 Å². The molecular weight excluding hydrogens is 382 g/mol. The summed E-state index contributed by atoms with van der Waals surface area (Å²) in [5, 5.41) is 2.04. The first kappa shape index (κ1) is 17.9. The van der Waals surface area contributed by atoms with Crippen LogP contribution in [-0.2, 0) is 0 Å². The van der Waals surface area contributed by atoms with Crippen LogP contribution in [0.4, 0.5) is 6.01 Å². The zero-order valence-corrected chi connectivity index (χ0v) is 16.9. The van der Waals surface area contributed by atoms with Gasteiger partial charge < -0.3 is 14.2 Å². The number of nitrogens with zero attached hydrogens (tertiary/aromatic N) is 3. The minimum Gasteiger partial charge on any atom is -0.423 e. The molecule has 0 bridgehead atoms. The van der Waals surface area contributed by atoms with Crippen LogP contribution in [0.5, 0.6) is 0 Å². The van der Waals surface area contributed by atoms with Crippen LogP contribution in [0.1, 0.15) is 16.8 Å². The third-order valence-electron chi connectivity index (χ3n) is 5.53. The van der Waals surface area contributed by atoms with E-state index in [0.717, 1.165) is 40.1 Å². The lowest BCUT2D eigenvalue weighted by molar-refractivity contribution is 0.0791. The summed E-state index contributed by atoms with van der Waals surface area (Å²) < 4.78 is 5.90. The van der Waals surface area contributed by atoms with Gasteiger partial charge in [-0.1, -0.05) is 36.4 Å². The number of thiophene rings is 1. The van der Waals surface area contributed by atoms with Crippen molar-refractivity contribution in [2.75, 3.05) is 25.0 Å². The molecule has 1 aliphatic rings. The fraction of sp³-hybridized carbons (Fsp3) is 0.217. The number of hydrogen-bond acceptors (Lipinski definition) is 5. The third kappa shape index (κ3) is 3.29. The molecule has 0 N–H and O–H groups in total. The van der Waals surface area contributed by atoms with E-state index in [2.05, 4.69) is 16.0 Å². The molecule has 0 saturated carbocycles. The Bertz CT molecular complexity index is 1120. The highest BCUT2D eigenvalue weighted by molar-refractivity contribution is 7.13. The Morgan fingerprint density at radius 1 is 1.14 bits per heavy atom. The number of fused-ring (bicyclic) bond motifs is 1. The quantitative estimate of drug-likeness (QED) is 0.486. The molecule has 0 spiro atoms. The number of carbonyl (C=O) groups excluding carboxylic acids is 1. The Morgan fingerprint density at radius 2 is 1.97 bits per heavy atom. The summed E-state index contributed by atoms with van der Waals surface area (Å²) in [6.07, 6.45) is 0.891. The Kier molecular flexibility index (Phi) is 4.56. The van der Waals surface area contributed by atoms with Gasteiger partial charge in [0, 0.05) is 36.1 Å². The summed E-state index contributed by atoms with van der Waals surface area (Å²) >= 11 is 1.66. The standard InChI is InChI=1S/C23H21N3O2S/c1-25(23-24-19-9-4-5-10-20(19)28-23)16-12-13-26(15-16)22(27)18-8-3-2-7-17(18)21-11-6-14-29-21/h2-11,14,16H,12-13,15H2,1H3/t16-/m1/s1. The molecule has 1 aliphatic heterocycles.